The van der Waals surface area contributed by atoms with Gasteiger partial charge in [0.2, 0.25) is 0 Å². The molecule has 2 heterocycles. The largest absolute Gasteiger partial charge is 0.335 e. The first-order chi connectivity index (χ1) is 12.8. The van der Waals surface area contributed by atoms with Crippen LogP contribution in [-0.2, 0) is 9.84 Å². The van der Waals surface area contributed by atoms with E-state index in [2.05, 4.69) is 37.5 Å². The third kappa shape index (κ3) is 4.26. The molecular weight excluding hydrogens is 360 g/mol. The number of hydrogen-bond acceptors (Lipinski definition) is 3. The Kier molecular flexibility index (Phi) is 5.75. The summed E-state index contributed by atoms with van der Waals surface area (Å²) >= 11 is 0. The molecule has 1 fully saturated rings. The van der Waals surface area contributed by atoms with Gasteiger partial charge in [0.15, 0.2) is 9.84 Å². The van der Waals surface area contributed by atoms with Gasteiger partial charge in [-0.15, -0.1) is 0 Å². The molecule has 1 aromatic carbocycles. The Labute approximate surface area is 161 Å². The highest BCUT2D eigenvalue weighted by Crippen LogP contribution is 2.22. The summed E-state index contributed by atoms with van der Waals surface area (Å²) in [7, 11) is -3.02. The molecule has 0 aliphatic carbocycles. The number of carbonyl (C=O) groups is 1. The zero-order valence-corrected chi connectivity index (χ0v) is 17.1. The molecule has 1 aromatic heterocycles. The minimum Gasteiger partial charge on any atom is -0.335 e. The maximum Gasteiger partial charge on any atom is 0.254 e. The molecule has 0 bridgehead atoms. The molecule has 0 saturated carbocycles. The Hall–Kier alpha value is -2.08. The fraction of sp³-hybridized carbons (Fsp3) is 0.476. The summed E-state index contributed by atoms with van der Waals surface area (Å²) < 4.78 is 25.9. The van der Waals surface area contributed by atoms with E-state index < -0.39 is 9.84 Å². The summed E-state index contributed by atoms with van der Waals surface area (Å²) in [5, 5.41) is 0. The number of nitrogens with zero attached hydrogens (tertiary/aromatic N) is 2. The van der Waals surface area contributed by atoms with Gasteiger partial charge < -0.3 is 9.47 Å². The summed E-state index contributed by atoms with van der Waals surface area (Å²) in [4.78, 5) is 14.9. The Morgan fingerprint density at radius 1 is 1.11 bits per heavy atom. The van der Waals surface area contributed by atoms with Crippen LogP contribution in [0.2, 0.25) is 0 Å². The van der Waals surface area contributed by atoms with E-state index in [1.54, 1.807) is 4.90 Å². The highest BCUT2D eigenvalue weighted by molar-refractivity contribution is 7.91. The van der Waals surface area contributed by atoms with Gasteiger partial charge >= 0.3 is 0 Å². The molecule has 0 N–H and O–H groups in total. The van der Waals surface area contributed by atoms with Gasteiger partial charge in [0.25, 0.3) is 5.91 Å². The van der Waals surface area contributed by atoms with Crippen LogP contribution in [0, 0.1) is 13.8 Å². The van der Waals surface area contributed by atoms with Crippen molar-refractivity contribution < 1.29 is 13.2 Å². The number of carbonyl (C=O) groups excluding carboxylic acids is 1. The average Bonchev–Trinajstić information content (AvgIpc) is 3.16. The summed E-state index contributed by atoms with van der Waals surface area (Å²) in [6.07, 6.45) is 2.38. The molecule has 6 heteroatoms. The van der Waals surface area contributed by atoms with Gasteiger partial charge in [-0.05, 0) is 63.1 Å². The van der Waals surface area contributed by atoms with Crippen LogP contribution in [0.25, 0.3) is 5.69 Å². The van der Waals surface area contributed by atoms with Crippen molar-refractivity contribution in [1.82, 2.24) is 9.47 Å². The van der Waals surface area contributed by atoms with Crippen LogP contribution in [0.5, 0.6) is 0 Å². The zero-order chi connectivity index (χ0) is 19.6. The van der Waals surface area contributed by atoms with Crippen molar-refractivity contribution in [3.63, 3.8) is 0 Å². The first-order valence-corrected chi connectivity index (χ1v) is 11.4. The van der Waals surface area contributed by atoms with Crippen LogP contribution < -0.4 is 0 Å². The van der Waals surface area contributed by atoms with E-state index in [9.17, 15) is 13.2 Å². The van der Waals surface area contributed by atoms with Crippen molar-refractivity contribution >= 4 is 15.7 Å². The average molecular weight is 389 g/mol. The summed E-state index contributed by atoms with van der Waals surface area (Å²) in [5.74, 6) is 0.194. The van der Waals surface area contributed by atoms with Gasteiger partial charge in [-0.1, -0.05) is 13.3 Å². The van der Waals surface area contributed by atoms with E-state index in [0.29, 0.717) is 18.5 Å². The maximum atomic E-state index is 13.1. The molecule has 1 saturated heterocycles. The third-order valence-corrected chi connectivity index (χ3v) is 7.06. The van der Waals surface area contributed by atoms with Crippen LogP contribution in [0.15, 0.2) is 36.4 Å². The summed E-state index contributed by atoms with van der Waals surface area (Å²) in [6.45, 7) is 6.79. The number of amides is 1. The lowest BCUT2D eigenvalue weighted by molar-refractivity contribution is 0.0694. The van der Waals surface area contributed by atoms with E-state index in [1.165, 1.54) is 0 Å². The molecule has 146 valence electrons. The molecule has 0 spiro atoms. The molecule has 1 atom stereocenters. The summed E-state index contributed by atoms with van der Waals surface area (Å²) in [5.41, 5.74) is 3.93. The second-order valence-corrected chi connectivity index (χ2v) is 9.64. The van der Waals surface area contributed by atoms with Crippen molar-refractivity contribution in [1.29, 1.82) is 0 Å². The second kappa shape index (κ2) is 7.89. The lowest BCUT2D eigenvalue weighted by Crippen LogP contribution is -2.41. The van der Waals surface area contributed by atoms with E-state index in [1.807, 2.05) is 24.3 Å². The van der Waals surface area contributed by atoms with E-state index >= 15 is 0 Å². The minimum atomic E-state index is -3.02. The van der Waals surface area contributed by atoms with Crippen LogP contribution in [0.3, 0.4) is 0 Å². The van der Waals surface area contributed by atoms with Gasteiger partial charge in [-0.25, -0.2) is 8.42 Å². The zero-order valence-electron chi connectivity index (χ0n) is 16.3. The highest BCUT2D eigenvalue weighted by atomic mass is 32.2. The van der Waals surface area contributed by atoms with E-state index in [0.717, 1.165) is 29.9 Å². The van der Waals surface area contributed by atoms with Gasteiger partial charge in [-0.3, -0.25) is 4.79 Å². The normalized spacial score (nSPS) is 18.6. The monoisotopic (exact) mass is 388 g/mol. The number of benzene rings is 1. The number of aryl methyl sites for hydroxylation is 2. The molecule has 1 unspecified atom stereocenters. The summed E-state index contributed by atoms with van der Waals surface area (Å²) in [6, 6.07) is 11.5. The number of sulfone groups is 1. The van der Waals surface area contributed by atoms with Gasteiger partial charge in [0.1, 0.15) is 0 Å². The second-order valence-electron chi connectivity index (χ2n) is 7.41. The van der Waals surface area contributed by atoms with Crippen molar-refractivity contribution in [2.75, 3.05) is 18.1 Å². The molecule has 3 rings (SSSR count). The van der Waals surface area contributed by atoms with Gasteiger partial charge in [-0.2, -0.15) is 0 Å². The van der Waals surface area contributed by atoms with E-state index in [4.69, 9.17) is 0 Å². The highest BCUT2D eigenvalue weighted by Gasteiger charge is 2.34. The van der Waals surface area contributed by atoms with Crippen LogP contribution in [0.4, 0.5) is 0 Å². The first-order valence-electron chi connectivity index (χ1n) is 9.59. The number of aromatic nitrogens is 1. The van der Waals surface area contributed by atoms with Crippen molar-refractivity contribution in [2.45, 2.75) is 46.1 Å². The van der Waals surface area contributed by atoms with Gasteiger partial charge in [0.05, 0.1) is 11.5 Å². The van der Waals surface area contributed by atoms with Crippen molar-refractivity contribution in [2.24, 2.45) is 0 Å². The Balaban J connectivity index is 1.83. The van der Waals surface area contributed by atoms with Crippen LogP contribution in [-0.4, -0.2) is 47.9 Å². The topological polar surface area (TPSA) is 59.4 Å². The predicted octanol–water partition coefficient (Wildman–Crippen LogP) is 3.52. The number of hydrogen-bond donors (Lipinski definition) is 0. The number of rotatable bonds is 6. The minimum absolute atomic E-state index is 0.0712. The lowest BCUT2D eigenvalue weighted by Gasteiger charge is -2.28. The predicted molar refractivity (Wildman–Crippen MR) is 108 cm³/mol. The van der Waals surface area contributed by atoms with Crippen LogP contribution in [0.1, 0.15) is 47.9 Å². The fourth-order valence-electron chi connectivity index (χ4n) is 3.79. The quantitative estimate of drug-likeness (QED) is 0.761. The fourth-order valence-corrected chi connectivity index (χ4v) is 5.52. The van der Waals surface area contributed by atoms with E-state index in [-0.39, 0.29) is 23.5 Å². The van der Waals surface area contributed by atoms with Crippen LogP contribution >= 0.6 is 0 Å². The Morgan fingerprint density at radius 2 is 1.74 bits per heavy atom. The standard InChI is InChI=1S/C21H28N2O3S/c1-4-5-13-22(20-12-14-27(25,26)15-20)21(24)18-8-10-19(11-9-18)23-16(2)6-7-17(23)3/h6-11,20H,4-5,12-15H2,1-3H3. The molecular formula is C21H28N2O3S. The lowest BCUT2D eigenvalue weighted by atomic mass is 10.1. The van der Waals surface area contributed by atoms with Gasteiger partial charge in [0, 0.05) is 35.2 Å². The SMILES string of the molecule is CCCCN(C(=O)c1ccc(-n2c(C)ccc2C)cc1)C1CCS(=O)(=O)C1. The van der Waals surface area contributed by atoms with Crippen molar-refractivity contribution in [3.05, 3.63) is 53.3 Å². The molecule has 1 amide bonds. The Morgan fingerprint density at radius 3 is 2.26 bits per heavy atom. The molecule has 27 heavy (non-hydrogen) atoms. The Bertz CT molecular complexity index is 894. The first kappa shape index (κ1) is 19.7. The maximum absolute atomic E-state index is 13.1. The molecule has 1 aliphatic rings. The van der Waals surface area contributed by atoms with Crippen molar-refractivity contribution in [3.8, 4) is 5.69 Å². The smallest absolute Gasteiger partial charge is 0.254 e. The third-order valence-electron chi connectivity index (χ3n) is 5.31. The molecule has 2 aromatic rings. The number of unbranched alkanes of at least 4 members (excludes halogenated alkanes) is 1. The molecule has 1 aliphatic heterocycles. The molecule has 5 nitrogen and oxygen atoms in total. The molecule has 0 radical (unpaired) electrons.